The molecular formula is C25H25ClN2O4S. The van der Waals surface area contributed by atoms with Crippen molar-refractivity contribution in [1.29, 1.82) is 0 Å². The Balaban J connectivity index is 1.41. The average Bonchev–Trinajstić information content (AvgIpc) is 3.44. The van der Waals surface area contributed by atoms with Gasteiger partial charge >= 0.3 is 0 Å². The van der Waals surface area contributed by atoms with E-state index in [0.717, 1.165) is 46.4 Å². The number of rotatable bonds is 5. The van der Waals surface area contributed by atoms with Crippen LogP contribution in [0.25, 0.3) is 22.1 Å². The second kappa shape index (κ2) is 8.95. The molecule has 2 amide bonds. The smallest absolute Gasteiger partial charge is 0.237 e. The Labute approximate surface area is 201 Å². The number of hydrogen-bond donors (Lipinski definition) is 0. The summed E-state index contributed by atoms with van der Waals surface area (Å²) in [7, 11) is 1.66. The number of furan rings is 1. The molecule has 0 atom stereocenters. The minimum absolute atomic E-state index is 0.00437. The molecule has 1 aromatic heterocycles. The van der Waals surface area contributed by atoms with Gasteiger partial charge < -0.3 is 19.0 Å². The lowest BCUT2D eigenvalue weighted by atomic mass is 10.0. The van der Waals surface area contributed by atoms with Crippen LogP contribution in [0.1, 0.15) is 18.6 Å². The number of carbonyl (C=O) groups excluding carboxylic acids is 2. The van der Waals surface area contributed by atoms with Crippen LogP contribution in [0.5, 0.6) is 5.75 Å². The molecule has 0 saturated carbocycles. The predicted molar refractivity (Wildman–Crippen MR) is 130 cm³/mol. The van der Waals surface area contributed by atoms with Gasteiger partial charge in [0.2, 0.25) is 11.8 Å². The minimum atomic E-state index is -0.301. The lowest BCUT2D eigenvalue weighted by Gasteiger charge is -2.43. The molecule has 0 N–H and O–H groups in total. The zero-order valence-corrected chi connectivity index (χ0v) is 20.0. The Bertz CT molecular complexity index is 1200. The molecule has 0 unspecified atom stereocenters. The zero-order valence-electron chi connectivity index (χ0n) is 18.4. The topological polar surface area (TPSA) is 63.0 Å². The van der Waals surface area contributed by atoms with Crippen LogP contribution in [0.4, 0.5) is 0 Å². The number of hydrogen-bond acceptors (Lipinski definition) is 5. The van der Waals surface area contributed by atoms with Gasteiger partial charge in [-0.25, -0.2) is 0 Å². The fourth-order valence-electron chi connectivity index (χ4n) is 4.84. The zero-order chi connectivity index (χ0) is 23.0. The van der Waals surface area contributed by atoms with Gasteiger partial charge in [-0.2, -0.15) is 0 Å². The minimum Gasteiger partial charge on any atom is -0.496 e. The first-order valence-electron chi connectivity index (χ1n) is 11.0. The van der Waals surface area contributed by atoms with Gasteiger partial charge in [0.05, 0.1) is 29.8 Å². The molecule has 8 heteroatoms. The van der Waals surface area contributed by atoms with Crippen molar-refractivity contribution in [3.63, 3.8) is 0 Å². The number of methoxy groups -OCH3 is 1. The Morgan fingerprint density at radius 2 is 1.94 bits per heavy atom. The van der Waals surface area contributed by atoms with Crippen molar-refractivity contribution in [2.45, 2.75) is 24.3 Å². The highest BCUT2D eigenvalue weighted by atomic mass is 35.5. The van der Waals surface area contributed by atoms with Gasteiger partial charge in [0.1, 0.15) is 23.2 Å². The number of amides is 2. The molecule has 0 radical (unpaired) electrons. The molecule has 33 heavy (non-hydrogen) atoms. The Morgan fingerprint density at radius 3 is 2.70 bits per heavy atom. The number of benzene rings is 2. The third-order valence-electron chi connectivity index (χ3n) is 6.60. The number of likely N-dealkylation sites (tertiary alicyclic amines) is 1. The van der Waals surface area contributed by atoms with Crippen molar-refractivity contribution >= 4 is 45.9 Å². The number of carbonyl (C=O) groups is 2. The van der Waals surface area contributed by atoms with Crippen molar-refractivity contribution in [2.24, 2.45) is 0 Å². The van der Waals surface area contributed by atoms with E-state index in [4.69, 9.17) is 20.8 Å². The molecule has 0 aliphatic carbocycles. The van der Waals surface area contributed by atoms with Crippen LogP contribution < -0.4 is 4.74 Å². The lowest BCUT2D eigenvalue weighted by molar-refractivity contribution is -0.134. The Hall–Kier alpha value is -2.64. The van der Waals surface area contributed by atoms with Crippen molar-refractivity contribution in [1.82, 2.24) is 9.80 Å². The van der Waals surface area contributed by atoms with Gasteiger partial charge in [0, 0.05) is 13.1 Å². The second-order valence-corrected chi connectivity index (χ2v) is 9.96. The summed E-state index contributed by atoms with van der Waals surface area (Å²) in [5.41, 5.74) is 0.909. The molecule has 3 heterocycles. The van der Waals surface area contributed by atoms with Crippen LogP contribution in [-0.2, 0) is 16.1 Å². The highest BCUT2D eigenvalue weighted by molar-refractivity contribution is 8.01. The van der Waals surface area contributed by atoms with Crippen molar-refractivity contribution in [2.75, 3.05) is 31.8 Å². The van der Waals surface area contributed by atoms with Gasteiger partial charge in [-0.05, 0) is 41.8 Å². The number of ether oxygens (including phenoxy) is 1. The van der Waals surface area contributed by atoms with E-state index in [1.807, 2.05) is 41.3 Å². The van der Waals surface area contributed by atoms with Gasteiger partial charge in [-0.1, -0.05) is 30.3 Å². The summed E-state index contributed by atoms with van der Waals surface area (Å²) < 4.78 is 11.9. The molecule has 0 bridgehead atoms. The van der Waals surface area contributed by atoms with E-state index in [-0.39, 0.29) is 22.6 Å². The third-order valence-corrected chi connectivity index (χ3v) is 8.39. The highest BCUT2D eigenvalue weighted by Crippen LogP contribution is 2.46. The third kappa shape index (κ3) is 3.97. The summed E-state index contributed by atoms with van der Waals surface area (Å²) >= 11 is 7.40. The average molecular weight is 485 g/mol. The number of alkyl halides is 1. The van der Waals surface area contributed by atoms with Crippen LogP contribution in [0.2, 0.25) is 0 Å². The summed E-state index contributed by atoms with van der Waals surface area (Å²) in [6.45, 7) is 1.63. The van der Waals surface area contributed by atoms with Gasteiger partial charge in [-0.3, -0.25) is 9.59 Å². The van der Waals surface area contributed by atoms with Crippen molar-refractivity contribution in [3.8, 4) is 17.1 Å². The summed E-state index contributed by atoms with van der Waals surface area (Å²) in [6.07, 6.45) is 1.47. The fourth-order valence-corrected chi connectivity index (χ4v) is 6.36. The molecule has 2 saturated heterocycles. The number of halogens is 1. The molecule has 172 valence electrons. The molecule has 3 aromatic rings. The van der Waals surface area contributed by atoms with E-state index in [2.05, 4.69) is 12.1 Å². The maximum atomic E-state index is 12.8. The molecule has 1 spiro atoms. The van der Waals surface area contributed by atoms with E-state index in [1.165, 1.54) is 0 Å². The number of nitrogens with zero attached hydrogens (tertiary/aromatic N) is 2. The second-order valence-electron chi connectivity index (χ2n) is 8.36. The standard InChI is InChI=1S/C25H25ClN2O4S/c1-31-20-8-6-17-4-2-3-5-19(17)24(20)21-9-7-18(32-21)15-28-23(30)16-33-25(28)10-12-27(13-11-25)22(29)14-26/h2-9H,10-16H2,1H3. The van der Waals surface area contributed by atoms with Crippen LogP contribution >= 0.6 is 23.4 Å². The van der Waals surface area contributed by atoms with Crippen LogP contribution in [-0.4, -0.2) is 58.3 Å². The van der Waals surface area contributed by atoms with Gasteiger partial charge in [0.15, 0.2) is 0 Å². The largest absolute Gasteiger partial charge is 0.496 e. The first-order valence-corrected chi connectivity index (χ1v) is 12.5. The summed E-state index contributed by atoms with van der Waals surface area (Å²) in [5, 5.41) is 2.16. The van der Waals surface area contributed by atoms with Gasteiger partial charge in [-0.15, -0.1) is 23.4 Å². The summed E-state index contributed by atoms with van der Waals surface area (Å²) in [4.78, 5) is 28.2. The van der Waals surface area contributed by atoms with Crippen LogP contribution in [0.3, 0.4) is 0 Å². The van der Waals surface area contributed by atoms with E-state index in [1.54, 1.807) is 23.8 Å². The van der Waals surface area contributed by atoms with Crippen LogP contribution in [0, 0.1) is 0 Å². The maximum Gasteiger partial charge on any atom is 0.237 e. The summed E-state index contributed by atoms with van der Waals surface area (Å²) in [5.74, 6) is 2.70. The summed E-state index contributed by atoms with van der Waals surface area (Å²) in [6, 6.07) is 16.0. The highest BCUT2D eigenvalue weighted by Gasteiger charge is 2.48. The van der Waals surface area contributed by atoms with Gasteiger partial charge in [0.25, 0.3) is 0 Å². The molecule has 2 aromatic carbocycles. The Kier molecular flexibility index (Phi) is 6.01. The number of thioether (sulfide) groups is 1. The predicted octanol–water partition coefficient (Wildman–Crippen LogP) is 4.74. The normalized spacial score (nSPS) is 17.8. The maximum absolute atomic E-state index is 12.8. The number of piperidine rings is 1. The van der Waals surface area contributed by atoms with E-state index in [0.29, 0.717) is 25.4 Å². The van der Waals surface area contributed by atoms with E-state index >= 15 is 0 Å². The molecule has 5 rings (SSSR count). The Morgan fingerprint density at radius 1 is 1.15 bits per heavy atom. The SMILES string of the molecule is COc1ccc2ccccc2c1-c1ccc(CN2C(=O)CSC23CCN(C(=O)CCl)CC3)o1. The number of fused-ring (bicyclic) bond motifs is 1. The lowest BCUT2D eigenvalue weighted by Crippen LogP contribution is -2.52. The molecular weight excluding hydrogens is 460 g/mol. The monoisotopic (exact) mass is 484 g/mol. The first kappa shape index (κ1) is 22.2. The quantitative estimate of drug-likeness (QED) is 0.489. The van der Waals surface area contributed by atoms with Crippen molar-refractivity contribution < 1.29 is 18.7 Å². The molecule has 2 fully saturated rings. The fraction of sp³-hybridized carbons (Fsp3) is 0.360. The molecule has 2 aliphatic rings. The van der Waals surface area contributed by atoms with E-state index < -0.39 is 0 Å². The molecule has 6 nitrogen and oxygen atoms in total. The van der Waals surface area contributed by atoms with Crippen molar-refractivity contribution in [3.05, 3.63) is 54.3 Å². The molecule has 2 aliphatic heterocycles. The first-order chi connectivity index (χ1) is 16.0. The van der Waals surface area contributed by atoms with E-state index in [9.17, 15) is 9.59 Å². The van der Waals surface area contributed by atoms with Crippen LogP contribution in [0.15, 0.2) is 52.9 Å².